The van der Waals surface area contributed by atoms with Crippen LogP contribution in [-0.4, -0.2) is 18.3 Å². The minimum atomic E-state index is 0.900. The lowest BCUT2D eigenvalue weighted by molar-refractivity contribution is 0.666. The van der Waals surface area contributed by atoms with Gasteiger partial charge in [0.05, 0.1) is 55.5 Å². The Labute approximate surface area is 620 Å². The van der Waals surface area contributed by atoms with E-state index in [1.165, 1.54) is 121 Å². The van der Waals surface area contributed by atoms with Gasteiger partial charge in [-0.2, -0.15) is 0 Å². The molecule has 0 N–H and O–H groups in total. The van der Waals surface area contributed by atoms with Crippen LogP contribution < -0.4 is 0 Å². The lowest BCUT2D eigenvalue weighted by Gasteiger charge is -2.14. The number of hydrogen-bond donors (Lipinski definition) is 0. The molecule has 108 heavy (non-hydrogen) atoms. The van der Waals surface area contributed by atoms with Crippen LogP contribution in [0.1, 0.15) is 0 Å². The van der Waals surface area contributed by atoms with Gasteiger partial charge in [0, 0.05) is 76.0 Å². The summed E-state index contributed by atoms with van der Waals surface area (Å²) < 4.78 is 22.6. The first-order valence-corrected chi connectivity index (χ1v) is 36.9. The van der Waals surface area contributed by atoms with Crippen LogP contribution in [0.4, 0.5) is 0 Å². The highest BCUT2D eigenvalue weighted by Gasteiger charge is 2.23. The zero-order chi connectivity index (χ0) is 70.9. The number of rotatable bonds is 9. The predicted octanol–water partition coefficient (Wildman–Crippen LogP) is 27.9. The SMILES string of the molecule is c1ccc(-c2cc(-c3ccccc3)cc(-n3c4ccccc4c4cc(-c5ccc6c(c5)c5ccccc5n6-c5cccc6c5oc5ccccc56)ccc43)c2)cc1.c1ccc(-c2ccc(-n3c4ccccc4c4cc(-c5ccc6c(c5)c5ccccc5n6-c5cccc6c5oc5ccccc56)ccc43)cc2)cc1. The molecule has 0 unspecified atom stereocenters. The molecule has 23 aromatic rings. The molecule has 6 heterocycles. The van der Waals surface area contributed by atoms with Crippen molar-refractivity contribution in [1.82, 2.24) is 18.3 Å². The van der Waals surface area contributed by atoms with Gasteiger partial charge in [-0.1, -0.05) is 261 Å². The first-order valence-electron chi connectivity index (χ1n) is 36.9. The lowest BCUT2D eigenvalue weighted by atomic mass is 9.98. The van der Waals surface area contributed by atoms with Crippen LogP contribution in [0.3, 0.4) is 0 Å². The highest BCUT2D eigenvalue weighted by Crippen LogP contribution is 2.45. The highest BCUT2D eigenvalue weighted by molar-refractivity contribution is 6.17. The summed E-state index contributed by atoms with van der Waals surface area (Å²) in [4.78, 5) is 0. The standard InChI is InChI=1S/C54H34N2O.C48H30N2O/c1-3-14-35(15-4-1)39-30-40(36-16-5-2-6-17-36)32-41(31-39)55-48-22-10-7-18-42(48)46-33-37(26-28-50(46)55)38-27-29-51-47(34-38)43-19-8-11-23-49(43)56(51)52-24-13-21-45-44-20-9-12-25-53(44)57-54(45)52;1-2-11-31(12-3-1)32-21-25-35(26-22-32)49-42-17-7-4-13-36(42)40-29-33(23-27-44(40)49)34-24-28-45-41(30-34)37-14-5-8-18-43(37)50(45)46-19-10-16-39-38-15-6-9-20-47(38)51-48(39)46/h1-34H;1-30H. The van der Waals surface area contributed by atoms with Crippen LogP contribution in [-0.2, 0) is 0 Å². The van der Waals surface area contributed by atoms with E-state index < -0.39 is 0 Å². The molecule has 0 amide bonds. The number of benzene rings is 17. The Hall–Kier alpha value is -14.5. The molecule has 0 spiro atoms. The zero-order valence-electron chi connectivity index (χ0n) is 58.6. The van der Waals surface area contributed by atoms with E-state index in [0.29, 0.717) is 0 Å². The molecule has 0 aliphatic heterocycles. The normalized spacial score (nSPS) is 11.9. The van der Waals surface area contributed by atoms with Gasteiger partial charge in [0.2, 0.25) is 0 Å². The lowest BCUT2D eigenvalue weighted by Crippen LogP contribution is -1.96. The fourth-order valence-electron chi connectivity index (χ4n) is 17.3. The summed E-state index contributed by atoms with van der Waals surface area (Å²) in [6.07, 6.45) is 0. The molecule has 0 bridgehead atoms. The van der Waals surface area contributed by atoms with Crippen LogP contribution >= 0.6 is 0 Å². The van der Waals surface area contributed by atoms with E-state index in [9.17, 15) is 0 Å². The second-order valence-corrected chi connectivity index (χ2v) is 28.3. The first kappa shape index (κ1) is 61.1. The van der Waals surface area contributed by atoms with E-state index in [1.807, 2.05) is 18.2 Å². The molecular formula is C102H64N4O2. The maximum atomic E-state index is 6.54. The number of nitrogens with zero attached hydrogens (tertiary/aromatic N) is 4. The van der Waals surface area contributed by atoms with Crippen molar-refractivity contribution >= 4 is 131 Å². The number of furan rings is 2. The Morgan fingerprint density at radius 2 is 0.426 bits per heavy atom. The van der Waals surface area contributed by atoms with Gasteiger partial charge in [0.25, 0.3) is 0 Å². The third-order valence-corrected chi connectivity index (χ3v) is 22.2. The maximum Gasteiger partial charge on any atom is 0.159 e. The summed E-state index contributed by atoms with van der Waals surface area (Å²) in [7, 11) is 0. The minimum absolute atomic E-state index is 0.900. The van der Waals surface area contributed by atoms with Crippen molar-refractivity contribution in [2.24, 2.45) is 0 Å². The average molecular weight is 1380 g/mol. The van der Waals surface area contributed by atoms with Gasteiger partial charge in [-0.25, -0.2) is 0 Å². The van der Waals surface area contributed by atoms with Crippen molar-refractivity contribution in [3.05, 3.63) is 388 Å². The molecule has 0 aliphatic carbocycles. The molecular weight excluding hydrogens is 1310 g/mol. The Balaban J connectivity index is 0.000000135. The molecule has 0 atom stereocenters. The molecule has 0 saturated heterocycles. The second-order valence-electron chi connectivity index (χ2n) is 28.3. The number of fused-ring (bicyclic) bond motifs is 18. The van der Waals surface area contributed by atoms with E-state index in [4.69, 9.17) is 8.83 Å². The molecule has 23 rings (SSSR count). The second kappa shape index (κ2) is 24.6. The predicted molar refractivity (Wildman–Crippen MR) is 452 cm³/mol. The third-order valence-electron chi connectivity index (χ3n) is 22.2. The van der Waals surface area contributed by atoms with E-state index in [2.05, 4.69) is 388 Å². The summed E-state index contributed by atoms with van der Waals surface area (Å²) in [6.45, 7) is 0. The topological polar surface area (TPSA) is 46.0 Å². The number of para-hydroxylation sites is 8. The molecule has 0 radical (unpaired) electrons. The number of aromatic nitrogens is 4. The molecule has 504 valence electrons. The van der Waals surface area contributed by atoms with Gasteiger partial charge >= 0.3 is 0 Å². The Bertz CT molecular complexity index is 7480. The molecule has 6 aromatic heterocycles. The Morgan fingerprint density at radius 1 is 0.148 bits per heavy atom. The Morgan fingerprint density at radius 3 is 0.815 bits per heavy atom. The van der Waals surface area contributed by atoms with Crippen LogP contribution in [0.5, 0.6) is 0 Å². The van der Waals surface area contributed by atoms with Crippen LogP contribution in [0.15, 0.2) is 397 Å². The Kier molecular flexibility index (Phi) is 13.9. The van der Waals surface area contributed by atoms with Gasteiger partial charge in [-0.15, -0.1) is 0 Å². The monoisotopic (exact) mass is 1380 g/mol. The van der Waals surface area contributed by atoms with E-state index in [0.717, 1.165) is 88.7 Å². The van der Waals surface area contributed by atoms with Crippen LogP contribution in [0, 0.1) is 0 Å². The van der Waals surface area contributed by atoms with Gasteiger partial charge in [0.1, 0.15) is 11.2 Å². The van der Waals surface area contributed by atoms with E-state index >= 15 is 0 Å². The van der Waals surface area contributed by atoms with Crippen molar-refractivity contribution in [2.45, 2.75) is 0 Å². The molecule has 6 heteroatoms. The average Bonchev–Trinajstić information content (AvgIpc) is 1.56. The third kappa shape index (κ3) is 9.74. The molecule has 17 aromatic carbocycles. The van der Waals surface area contributed by atoms with Gasteiger partial charge in [0.15, 0.2) is 11.2 Å². The summed E-state index contributed by atoms with van der Waals surface area (Å²) in [5, 5.41) is 14.4. The zero-order valence-corrected chi connectivity index (χ0v) is 58.6. The van der Waals surface area contributed by atoms with Crippen molar-refractivity contribution in [2.75, 3.05) is 0 Å². The fraction of sp³-hybridized carbons (Fsp3) is 0. The fourth-order valence-corrected chi connectivity index (χ4v) is 17.3. The highest BCUT2D eigenvalue weighted by atomic mass is 16.3. The van der Waals surface area contributed by atoms with Crippen molar-refractivity contribution < 1.29 is 8.83 Å². The van der Waals surface area contributed by atoms with Crippen molar-refractivity contribution in [3.63, 3.8) is 0 Å². The molecule has 0 fully saturated rings. The maximum absolute atomic E-state index is 6.54. The summed E-state index contributed by atoms with van der Waals surface area (Å²) >= 11 is 0. The van der Waals surface area contributed by atoms with Crippen LogP contribution in [0.2, 0.25) is 0 Å². The van der Waals surface area contributed by atoms with Gasteiger partial charge in [-0.05, 0) is 183 Å². The minimum Gasteiger partial charge on any atom is -0.454 e. The molecule has 6 nitrogen and oxygen atoms in total. The van der Waals surface area contributed by atoms with Crippen LogP contribution in [0.25, 0.3) is 209 Å². The van der Waals surface area contributed by atoms with E-state index in [-0.39, 0.29) is 0 Å². The smallest absolute Gasteiger partial charge is 0.159 e. The number of hydrogen-bond acceptors (Lipinski definition) is 2. The van der Waals surface area contributed by atoms with Gasteiger partial charge < -0.3 is 27.1 Å². The largest absolute Gasteiger partial charge is 0.454 e. The van der Waals surface area contributed by atoms with Crippen molar-refractivity contribution in [3.8, 4) is 78.4 Å². The molecule has 0 saturated carbocycles. The van der Waals surface area contributed by atoms with Gasteiger partial charge in [-0.3, -0.25) is 0 Å². The quantitative estimate of drug-likeness (QED) is 0.145. The molecule has 0 aliphatic rings. The summed E-state index contributed by atoms with van der Waals surface area (Å²) in [5.74, 6) is 0. The summed E-state index contributed by atoms with van der Waals surface area (Å²) in [5.41, 5.74) is 29.4. The summed E-state index contributed by atoms with van der Waals surface area (Å²) in [6, 6.07) is 140. The van der Waals surface area contributed by atoms with Crippen molar-refractivity contribution in [1.29, 1.82) is 0 Å². The first-order chi connectivity index (χ1) is 53.6. The van der Waals surface area contributed by atoms with E-state index in [1.54, 1.807) is 0 Å².